The Morgan fingerprint density at radius 3 is 2.45 bits per heavy atom. The van der Waals surface area contributed by atoms with Crippen LogP contribution in [0.5, 0.6) is 5.88 Å². The highest BCUT2D eigenvalue weighted by Crippen LogP contribution is 2.33. The van der Waals surface area contributed by atoms with Gasteiger partial charge in [0.25, 0.3) is 6.43 Å². The van der Waals surface area contributed by atoms with Gasteiger partial charge in [-0.15, -0.1) is 13.2 Å². The van der Waals surface area contributed by atoms with Crippen molar-refractivity contribution in [1.82, 2.24) is 4.98 Å². The molecule has 1 aromatic heterocycles. The Balaban J connectivity index is 3.51. The SMILES string of the molecule is COC(=O)c1c(C(F)F)cc(CBr)nc1OC(F)(F)F. The van der Waals surface area contributed by atoms with Crippen LogP contribution in [0.25, 0.3) is 0 Å². The van der Waals surface area contributed by atoms with Crippen LogP contribution in [-0.2, 0) is 10.1 Å². The summed E-state index contributed by atoms with van der Waals surface area (Å²) in [4.78, 5) is 14.8. The molecule has 1 aromatic rings. The van der Waals surface area contributed by atoms with Crippen LogP contribution in [0.3, 0.4) is 0 Å². The summed E-state index contributed by atoms with van der Waals surface area (Å²) < 4.78 is 70.2. The number of carbonyl (C=O) groups is 1. The summed E-state index contributed by atoms with van der Waals surface area (Å²) in [6.07, 6.45) is -8.37. The lowest BCUT2D eigenvalue weighted by Gasteiger charge is -2.15. The largest absolute Gasteiger partial charge is 0.574 e. The molecule has 0 unspecified atom stereocenters. The fourth-order valence-corrected chi connectivity index (χ4v) is 1.61. The van der Waals surface area contributed by atoms with Crippen molar-refractivity contribution in [1.29, 1.82) is 0 Å². The van der Waals surface area contributed by atoms with Gasteiger partial charge in [-0.05, 0) is 6.07 Å². The van der Waals surface area contributed by atoms with Crippen molar-refractivity contribution in [3.05, 3.63) is 22.9 Å². The molecular formula is C10H7BrF5NO3. The highest BCUT2D eigenvalue weighted by Gasteiger charge is 2.36. The van der Waals surface area contributed by atoms with Gasteiger partial charge in [-0.2, -0.15) is 0 Å². The van der Waals surface area contributed by atoms with Gasteiger partial charge in [0.05, 0.1) is 12.8 Å². The maximum absolute atomic E-state index is 12.9. The number of hydrogen-bond acceptors (Lipinski definition) is 4. The van der Waals surface area contributed by atoms with E-state index in [1.165, 1.54) is 0 Å². The minimum absolute atomic E-state index is 0.0949. The van der Waals surface area contributed by atoms with E-state index in [-0.39, 0.29) is 11.0 Å². The third kappa shape index (κ3) is 4.02. The van der Waals surface area contributed by atoms with Gasteiger partial charge in [0.15, 0.2) is 0 Å². The first-order chi connectivity index (χ1) is 9.19. The molecule has 0 saturated heterocycles. The molecule has 112 valence electrons. The van der Waals surface area contributed by atoms with Crippen molar-refractivity contribution in [3.63, 3.8) is 0 Å². The van der Waals surface area contributed by atoms with E-state index >= 15 is 0 Å². The molecule has 1 rings (SSSR count). The van der Waals surface area contributed by atoms with Gasteiger partial charge in [-0.25, -0.2) is 18.6 Å². The van der Waals surface area contributed by atoms with Crippen molar-refractivity contribution in [3.8, 4) is 5.88 Å². The first-order valence-electron chi connectivity index (χ1n) is 4.91. The highest BCUT2D eigenvalue weighted by atomic mass is 79.9. The number of hydrogen-bond donors (Lipinski definition) is 0. The predicted molar refractivity (Wildman–Crippen MR) is 59.8 cm³/mol. The molecule has 0 spiro atoms. The van der Waals surface area contributed by atoms with Crippen LogP contribution < -0.4 is 4.74 Å². The number of rotatable bonds is 4. The van der Waals surface area contributed by atoms with E-state index in [2.05, 4.69) is 30.4 Å². The molecular weight excluding hydrogens is 357 g/mol. The van der Waals surface area contributed by atoms with E-state index in [0.29, 0.717) is 0 Å². The summed E-state index contributed by atoms with van der Waals surface area (Å²) in [6, 6.07) is 0.801. The monoisotopic (exact) mass is 363 g/mol. The van der Waals surface area contributed by atoms with Crippen LogP contribution >= 0.6 is 15.9 Å². The number of ether oxygens (including phenoxy) is 2. The summed E-state index contributed by atoms with van der Waals surface area (Å²) in [7, 11) is 0.841. The summed E-state index contributed by atoms with van der Waals surface area (Å²) in [5, 5.41) is -0.0949. The normalized spacial score (nSPS) is 11.6. The summed E-state index contributed by atoms with van der Waals surface area (Å²) >= 11 is 2.87. The number of alkyl halides is 6. The van der Waals surface area contributed by atoms with E-state index < -0.39 is 35.8 Å². The van der Waals surface area contributed by atoms with Gasteiger partial charge in [-0.3, -0.25) is 0 Å². The standard InChI is InChI=1S/C10H7BrF5NO3/c1-19-9(18)6-5(7(12)13)2-4(3-11)17-8(6)20-10(14,15)16/h2,7H,3H2,1H3. The Hall–Kier alpha value is -1.45. The molecule has 0 amide bonds. The Labute approximate surface area is 118 Å². The van der Waals surface area contributed by atoms with Gasteiger partial charge in [0.1, 0.15) is 5.56 Å². The number of pyridine rings is 1. The molecule has 0 saturated carbocycles. The molecule has 0 aliphatic rings. The van der Waals surface area contributed by atoms with Gasteiger partial charge >= 0.3 is 12.3 Å². The predicted octanol–water partition coefficient (Wildman–Crippen LogP) is 3.60. The second-order valence-corrected chi connectivity index (χ2v) is 3.92. The zero-order valence-electron chi connectivity index (χ0n) is 9.80. The third-order valence-electron chi connectivity index (χ3n) is 2.04. The van der Waals surface area contributed by atoms with E-state index in [1.54, 1.807) is 0 Å². The lowest BCUT2D eigenvalue weighted by Crippen LogP contribution is -2.22. The van der Waals surface area contributed by atoms with Gasteiger partial charge in [0, 0.05) is 10.9 Å². The fourth-order valence-electron chi connectivity index (χ4n) is 1.33. The quantitative estimate of drug-likeness (QED) is 0.466. The van der Waals surface area contributed by atoms with E-state index in [0.717, 1.165) is 13.2 Å². The molecule has 0 aliphatic carbocycles. The molecule has 0 fully saturated rings. The fraction of sp³-hybridized carbons (Fsp3) is 0.400. The van der Waals surface area contributed by atoms with Crippen molar-refractivity contribution in [2.45, 2.75) is 18.1 Å². The summed E-state index contributed by atoms with van der Waals surface area (Å²) in [6.45, 7) is 0. The van der Waals surface area contributed by atoms with E-state index in [4.69, 9.17) is 0 Å². The minimum atomic E-state index is -5.18. The third-order valence-corrected chi connectivity index (χ3v) is 2.62. The maximum Gasteiger partial charge on any atom is 0.574 e. The Morgan fingerprint density at radius 1 is 1.45 bits per heavy atom. The van der Waals surface area contributed by atoms with Crippen molar-refractivity contribution in [2.24, 2.45) is 0 Å². The van der Waals surface area contributed by atoms with Crippen LogP contribution in [0.15, 0.2) is 6.07 Å². The van der Waals surface area contributed by atoms with E-state index in [1.807, 2.05) is 0 Å². The first kappa shape index (κ1) is 16.6. The number of halogens is 6. The van der Waals surface area contributed by atoms with Crippen LogP contribution in [0.2, 0.25) is 0 Å². The number of carbonyl (C=O) groups excluding carboxylic acids is 1. The van der Waals surface area contributed by atoms with Crippen LogP contribution in [0.1, 0.15) is 28.0 Å². The average molecular weight is 364 g/mol. The summed E-state index contributed by atoms with van der Waals surface area (Å²) in [5.41, 5.74) is -2.14. The van der Waals surface area contributed by atoms with Crippen LogP contribution in [0, 0.1) is 0 Å². The number of aromatic nitrogens is 1. The van der Waals surface area contributed by atoms with Crippen molar-refractivity contribution < 1.29 is 36.2 Å². The van der Waals surface area contributed by atoms with E-state index in [9.17, 15) is 26.7 Å². The molecule has 0 aliphatic heterocycles. The second kappa shape index (κ2) is 6.33. The molecule has 0 radical (unpaired) electrons. The average Bonchev–Trinajstić information content (AvgIpc) is 2.34. The Kier molecular flexibility index (Phi) is 5.26. The molecule has 0 aromatic carbocycles. The smallest absolute Gasteiger partial charge is 0.465 e. The summed E-state index contributed by atoms with van der Waals surface area (Å²) in [5.74, 6) is -2.66. The molecule has 1 heterocycles. The Morgan fingerprint density at radius 2 is 2.05 bits per heavy atom. The van der Waals surface area contributed by atoms with Crippen LogP contribution in [-0.4, -0.2) is 24.4 Å². The van der Waals surface area contributed by atoms with Crippen LogP contribution in [0.4, 0.5) is 22.0 Å². The molecule has 10 heteroatoms. The van der Waals surface area contributed by atoms with Gasteiger partial charge in [0.2, 0.25) is 5.88 Å². The zero-order chi connectivity index (χ0) is 15.5. The molecule has 0 N–H and O–H groups in total. The first-order valence-corrected chi connectivity index (χ1v) is 6.03. The lowest BCUT2D eigenvalue weighted by atomic mass is 10.1. The minimum Gasteiger partial charge on any atom is -0.465 e. The second-order valence-electron chi connectivity index (χ2n) is 3.36. The molecule has 20 heavy (non-hydrogen) atoms. The van der Waals surface area contributed by atoms with Gasteiger partial charge < -0.3 is 9.47 Å². The molecule has 0 bridgehead atoms. The topological polar surface area (TPSA) is 48.4 Å². The van der Waals surface area contributed by atoms with Gasteiger partial charge in [-0.1, -0.05) is 15.9 Å². The number of esters is 1. The number of methoxy groups -OCH3 is 1. The molecule has 4 nitrogen and oxygen atoms in total. The van der Waals surface area contributed by atoms with Crippen molar-refractivity contribution in [2.75, 3.05) is 7.11 Å². The highest BCUT2D eigenvalue weighted by molar-refractivity contribution is 9.08. The molecule has 0 atom stereocenters. The maximum atomic E-state index is 12.9. The Bertz CT molecular complexity index is 506. The lowest BCUT2D eigenvalue weighted by molar-refractivity contribution is -0.276. The number of nitrogens with zero attached hydrogens (tertiary/aromatic N) is 1. The zero-order valence-corrected chi connectivity index (χ0v) is 11.4. The van der Waals surface area contributed by atoms with Crippen molar-refractivity contribution >= 4 is 21.9 Å².